The van der Waals surface area contributed by atoms with E-state index in [1.54, 1.807) is 31.1 Å². The molecule has 0 aliphatic carbocycles. The Bertz CT molecular complexity index is 323. The molecule has 0 atom stereocenters. The summed E-state index contributed by atoms with van der Waals surface area (Å²) in [5.41, 5.74) is 0. The van der Waals surface area contributed by atoms with Gasteiger partial charge in [-0.2, -0.15) is 0 Å². The highest BCUT2D eigenvalue weighted by Gasteiger charge is 1.94. The summed E-state index contributed by atoms with van der Waals surface area (Å²) < 4.78 is 5.01. The quantitative estimate of drug-likeness (QED) is 0.691. The standard InChI is InChI=1S/C5H11N.C5H5N.C4H9NO.C3H4N2/c2*1-2-4-6-5-3-1;1-3-6-4-2-5-1;1-2-5-3-4-1/h6H,1-5H2;1-5H;5H,1-4H2;1-3H,(H,4,5). The van der Waals surface area contributed by atoms with Crippen LogP contribution >= 0.6 is 0 Å². The fourth-order valence-electron chi connectivity index (χ4n) is 1.85. The molecule has 0 bridgehead atoms. The van der Waals surface area contributed by atoms with Crippen LogP contribution in [0.5, 0.6) is 0 Å². The zero-order valence-corrected chi connectivity index (χ0v) is 13.8. The molecule has 23 heavy (non-hydrogen) atoms. The Morgan fingerprint density at radius 2 is 1.39 bits per heavy atom. The lowest BCUT2D eigenvalue weighted by Crippen LogP contribution is -2.30. The highest BCUT2D eigenvalue weighted by atomic mass is 16.5. The van der Waals surface area contributed by atoms with E-state index < -0.39 is 0 Å². The second kappa shape index (κ2) is 16.6. The number of morpholine rings is 1. The van der Waals surface area contributed by atoms with E-state index in [2.05, 4.69) is 25.6 Å². The molecule has 4 heterocycles. The van der Waals surface area contributed by atoms with Gasteiger partial charge in [-0.25, -0.2) is 4.98 Å². The first-order chi connectivity index (χ1) is 11.5. The minimum atomic E-state index is 0.889. The number of hydrogen-bond donors (Lipinski definition) is 3. The Labute approximate surface area is 139 Å². The van der Waals surface area contributed by atoms with Crippen molar-refractivity contribution in [2.75, 3.05) is 39.4 Å². The average molecular weight is 319 g/mol. The molecule has 6 heteroatoms. The van der Waals surface area contributed by atoms with Crippen molar-refractivity contribution < 1.29 is 4.74 Å². The molecule has 0 unspecified atom stereocenters. The number of aromatic amines is 1. The van der Waals surface area contributed by atoms with E-state index in [0.717, 1.165) is 26.3 Å². The molecule has 4 rings (SSSR count). The van der Waals surface area contributed by atoms with Gasteiger partial charge in [0.15, 0.2) is 0 Å². The summed E-state index contributed by atoms with van der Waals surface area (Å²) >= 11 is 0. The third-order valence-electron chi connectivity index (χ3n) is 3.03. The van der Waals surface area contributed by atoms with Crippen LogP contribution in [0.25, 0.3) is 0 Å². The van der Waals surface area contributed by atoms with E-state index in [9.17, 15) is 0 Å². The van der Waals surface area contributed by atoms with E-state index in [0.29, 0.717) is 0 Å². The molecular weight excluding hydrogens is 290 g/mol. The molecule has 2 aromatic rings. The van der Waals surface area contributed by atoms with Crippen molar-refractivity contribution in [1.29, 1.82) is 0 Å². The molecule has 0 aromatic carbocycles. The maximum absolute atomic E-state index is 5.01. The predicted octanol–water partition coefficient (Wildman–Crippen LogP) is 1.86. The first-order valence-corrected chi connectivity index (χ1v) is 8.27. The first-order valence-electron chi connectivity index (χ1n) is 8.27. The maximum Gasteiger partial charge on any atom is 0.0919 e. The number of nitrogens with one attached hydrogen (secondary N) is 3. The third kappa shape index (κ3) is 14.9. The van der Waals surface area contributed by atoms with Gasteiger partial charge >= 0.3 is 0 Å². The van der Waals surface area contributed by atoms with Crippen molar-refractivity contribution in [2.45, 2.75) is 19.3 Å². The lowest BCUT2D eigenvalue weighted by molar-refractivity contribution is 0.109. The number of piperidine rings is 1. The van der Waals surface area contributed by atoms with Gasteiger partial charge in [-0.1, -0.05) is 12.5 Å². The topological polar surface area (TPSA) is 74.9 Å². The smallest absolute Gasteiger partial charge is 0.0919 e. The summed E-state index contributed by atoms with van der Waals surface area (Å²) in [5.74, 6) is 0. The third-order valence-corrected chi connectivity index (χ3v) is 3.03. The van der Waals surface area contributed by atoms with Crippen LogP contribution in [0.3, 0.4) is 0 Å². The lowest BCUT2D eigenvalue weighted by Gasteiger charge is -2.10. The Kier molecular flexibility index (Phi) is 13.9. The molecule has 2 aromatic heterocycles. The minimum absolute atomic E-state index is 0.889. The van der Waals surface area contributed by atoms with Gasteiger partial charge < -0.3 is 20.4 Å². The summed E-state index contributed by atoms with van der Waals surface area (Å²) in [4.78, 5) is 10.2. The van der Waals surface area contributed by atoms with Crippen LogP contribution in [-0.2, 0) is 4.74 Å². The Morgan fingerprint density at radius 3 is 1.57 bits per heavy atom. The summed E-state index contributed by atoms with van der Waals surface area (Å²) in [6.45, 7) is 6.33. The molecule has 6 nitrogen and oxygen atoms in total. The van der Waals surface area contributed by atoms with Crippen molar-refractivity contribution in [1.82, 2.24) is 25.6 Å². The molecule has 0 spiro atoms. The SMILES string of the molecule is C1CCNCC1.C1COCCN1.c1c[nH]cn1.c1ccncc1. The summed E-state index contributed by atoms with van der Waals surface area (Å²) in [7, 11) is 0. The second-order valence-electron chi connectivity index (χ2n) is 4.96. The van der Waals surface area contributed by atoms with Crippen molar-refractivity contribution in [3.63, 3.8) is 0 Å². The average Bonchev–Trinajstić information content (AvgIpc) is 3.27. The normalized spacial score (nSPS) is 16.3. The van der Waals surface area contributed by atoms with E-state index in [1.165, 1.54) is 32.4 Å². The van der Waals surface area contributed by atoms with Crippen molar-refractivity contribution in [2.24, 2.45) is 0 Å². The molecular formula is C17H29N5O. The number of imidazole rings is 1. The van der Waals surface area contributed by atoms with Crippen LogP contribution in [0, 0.1) is 0 Å². The highest BCUT2D eigenvalue weighted by Crippen LogP contribution is 1.96. The number of hydrogen-bond acceptors (Lipinski definition) is 5. The lowest BCUT2D eigenvalue weighted by atomic mass is 10.2. The van der Waals surface area contributed by atoms with Gasteiger partial charge in [0.05, 0.1) is 19.5 Å². The van der Waals surface area contributed by atoms with E-state index in [4.69, 9.17) is 4.74 Å². The second-order valence-corrected chi connectivity index (χ2v) is 4.96. The minimum Gasteiger partial charge on any atom is -0.379 e. The summed E-state index contributed by atoms with van der Waals surface area (Å²) in [5, 5.41) is 6.44. The molecule has 128 valence electrons. The molecule has 3 N–H and O–H groups in total. The van der Waals surface area contributed by atoms with Crippen LogP contribution < -0.4 is 10.6 Å². The zero-order valence-electron chi connectivity index (χ0n) is 13.8. The summed E-state index contributed by atoms with van der Waals surface area (Å²) in [6.07, 6.45) is 12.8. The number of aromatic nitrogens is 3. The van der Waals surface area contributed by atoms with Crippen LogP contribution in [0.1, 0.15) is 19.3 Å². The Morgan fingerprint density at radius 1 is 0.696 bits per heavy atom. The van der Waals surface area contributed by atoms with Crippen LogP contribution in [0.2, 0.25) is 0 Å². The molecule has 2 aliphatic rings. The maximum atomic E-state index is 5.01. The fraction of sp³-hybridized carbons (Fsp3) is 0.529. The van der Waals surface area contributed by atoms with Crippen molar-refractivity contribution in [3.8, 4) is 0 Å². The van der Waals surface area contributed by atoms with E-state index >= 15 is 0 Å². The fourth-order valence-corrected chi connectivity index (χ4v) is 1.85. The zero-order chi connectivity index (χ0) is 16.3. The van der Waals surface area contributed by atoms with Crippen LogP contribution in [0.15, 0.2) is 49.3 Å². The van der Waals surface area contributed by atoms with Crippen LogP contribution in [-0.4, -0.2) is 54.3 Å². The van der Waals surface area contributed by atoms with E-state index in [-0.39, 0.29) is 0 Å². The monoisotopic (exact) mass is 319 g/mol. The molecule has 0 radical (unpaired) electrons. The molecule has 2 saturated heterocycles. The van der Waals surface area contributed by atoms with Gasteiger partial charge in [0.25, 0.3) is 0 Å². The Balaban J connectivity index is 0.000000154. The van der Waals surface area contributed by atoms with Gasteiger partial charge in [0.1, 0.15) is 0 Å². The molecule has 2 fully saturated rings. The van der Waals surface area contributed by atoms with Gasteiger partial charge in [0.2, 0.25) is 0 Å². The van der Waals surface area contributed by atoms with Gasteiger partial charge in [-0.3, -0.25) is 4.98 Å². The largest absolute Gasteiger partial charge is 0.379 e. The number of ether oxygens (including phenoxy) is 1. The summed E-state index contributed by atoms with van der Waals surface area (Å²) in [6, 6.07) is 5.72. The number of rotatable bonds is 0. The van der Waals surface area contributed by atoms with Gasteiger partial charge in [0, 0.05) is 37.9 Å². The molecule has 0 amide bonds. The van der Waals surface area contributed by atoms with Gasteiger partial charge in [-0.05, 0) is 38.1 Å². The van der Waals surface area contributed by atoms with E-state index in [1.807, 2.05) is 18.2 Å². The molecule has 0 saturated carbocycles. The number of H-pyrrole nitrogens is 1. The number of pyridine rings is 1. The van der Waals surface area contributed by atoms with Crippen molar-refractivity contribution in [3.05, 3.63) is 49.3 Å². The first kappa shape index (κ1) is 19.3. The number of nitrogens with zero attached hydrogens (tertiary/aromatic N) is 2. The highest BCUT2D eigenvalue weighted by molar-refractivity contribution is 4.88. The molecule has 2 aliphatic heterocycles. The van der Waals surface area contributed by atoms with Crippen molar-refractivity contribution >= 4 is 0 Å². The predicted molar refractivity (Wildman–Crippen MR) is 93.2 cm³/mol. The van der Waals surface area contributed by atoms with Crippen LogP contribution in [0.4, 0.5) is 0 Å². The Hall–Kier alpha value is -1.76. The van der Waals surface area contributed by atoms with Gasteiger partial charge in [-0.15, -0.1) is 0 Å².